The summed E-state index contributed by atoms with van der Waals surface area (Å²) in [4.78, 5) is 22.9. The maximum Gasteiger partial charge on any atom is 0.326 e. The van der Waals surface area contributed by atoms with E-state index in [2.05, 4.69) is 10.6 Å². The second kappa shape index (κ2) is 8.46. The fourth-order valence-corrected chi connectivity index (χ4v) is 2.23. The van der Waals surface area contributed by atoms with Crippen molar-refractivity contribution in [2.75, 3.05) is 5.32 Å². The molecule has 0 spiro atoms. The van der Waals surface area contributed by atoms with Crippen LogP contribution in [0, 0.1) is 0 Å². The highest BCUT2D eigenvalue weighted by molar-refractivity contribution is 7.99. The quantitative estimate of drug-likeness (QED) is 0.674. The minimum Gasteiger partial charge on any atom is -0.480 e. The Balaban J connectivity index is 2.72. The molecule has 1 aromatic carbocycles. The number of anilines is 1. The Hall–Kier alpha value is -1.83. The van der Waals surface area contributed by atoms with Crippen LogP contribution in [-0.4, -0.2) is 28.9 Å². The monoisotopic (exact) mass is 318 g/mol. The first-order valence-electron chi connectivity index (χ1n) is 6.28. The highest BCUT2D eigenvalue weighted by Gasteiger charge is 2.19. The van der Waals surface area contributed by atoms with Crippen molar-refractivity contribution in [3.63, 3.8) is 0 Å². The molecular weight excluding hydrogens is 302 g/mol. The minimum absolute atomic E-state index is 0.209. The van der Waals surface area contributed by atoms with E-state index in [9.17, 15) is 18.4 Å². The second-order valence-corrected chi connectivity index (χ2v) is 5.18. The van der Waals surface area contributed by atoms with Crippen molar-refractivity contribution in [3.8, 4) is 0 Å². The van der Waals surface area contributed by atoms with Crippen LogP contribution in [0.4, 0.5) is 19.3 Å². The molecule has 0 aromatic heterocycles. The van der Waals surface area contributed by atoms with Gasteiger partial charge in [-0.1, -0.05) is 37.2 Å². The van der Waals surface area contributed by atoms with Gasteiger partial charge in [0.15, 0.2) is 0 Å². The summed E-state index contributed by atoms with van der Waals surface area (Å²) < 4.78 is 24.8. The number of nitrogens with one attached hydrogen (secondary N) is 2. The molecule has 0 saturated carbocycles. The Morgan fingerprint density at radius 2 is 2.00 bits per heavy atom. The average Bonchev–Trinajstić information content (AvgIpc) is 2.39. The molecule has 8 heteroatoms. The number of halogens is 2. The van der Waals surface area contributed by atoms with Gasteiger partial charge in [-0.25, -0.2) is 9.59 Å². The number of carboxylic acid groups (broad SMARTS) is 1. The van der Waals surface area contributed by atoms with Crippen LogP contribution in [0.25, 0.3) is 0 Å². The molecule has 0 saturated heterocycles. The van der Waals surface area contributed by atoms with Crippen molar-refractivity contribution >= 4 is 29.4 Å². The van der Waals surface area contributed by atoms with Gasteiger partial charge in [0.05, 0.1) is 5.69 Å². The minimum atomic E-state index is -2.61. The molecule has 1 atom stereocenters. The zero-order chi connectivity index (χ0) is 15.8. The van der Waals surface area contributed by atoms with Gasteiger partial charge in [-0.05, 0) is 18.6 Å². The third-order valence-electron chi connectivity index (χ3n) is 2.53. The number of thioether (sulfide) groups is 1. The first-order valence-corrected chi connectivity index (χ1v) is 7.16. The molecule has 0 heterocycles. The molecule has 1 rings (SSSR count). The van der Waals surface area contributed by atoms with Gasteiger partial charge in [-0.15, -0.1) is 0 Å². The van der Waals surface area contributed by atoms with Crippen LogP contribution in [0.3, 0.4) is 0 Å². The molecule has 0 aliphatic heterocycles. The smallest absolute Gasteiger partial charge is 0.326 e. The summed E-state index contributed by atoms with van der Waals surface area (Å²) in [6.45, 7) is 1.80. The Morgan fingerprint density at radius 1 is 1.33 bits per heavy atom. The normalized spacial score (nSPS) is 12.0. The van der Waals surface area contributed by atoms with Gasteiger partial charge in [0.25, 0.3) is 5.76 Å². The molecule has 1 aromatic rings. The number of urea groups is 1. The van der Waals surface area contributed by atoms with Crippen molar-refractivity contribution in [1.29, 1.82) is 0 Å². The van der Waals surface area contributed by atoms with E-state index in [1.54, 1.807) is 19.1 Å². The molecule has 116 valence electrons. The first-order chi connectivity index (χ1) is 9.93. The lowest BCUT2D eigenvalue weighted by Gasteiger charge is -2.15. The lowest BCUT2D eigenvalue weighted by atomic mass is 10.2. The number of benzene rings is 1. The van der Waals surface area contributed by atoms with Crippen LogP contribution >= 0.6 is 11.8 Å². The van der Waals surface area contributed by atoms with E-state index in [1.807, 2.05) is 0 Å². The van der Waals surface area contributed by atoms with Crippen LogP contribution in [0.2, 0.25) is 0 Å². The first kappa shape index (κ1) is 17.2. The third-order valence-corrected chi connectivity index (χ3v) is 3.32. The van der Waals surface area contributed by atoms with E-state index >= 15 is 0 Å². The molecule has 0 aliphatic carbocycles. The Kier molecular flexibility index (Phi) is 6.93. The molecule has 0 bridgehead atoms. The summed E-state index contributed by atoms with van der Waals surface area (Å²) in [5.74, 6) is -3.75. The molecule has 3 N–H and O–H groups in total. The number of hydrogen-bond acceptors (Lipinski definition) is 3. The van der Waals surface area contributed by atoms with Crippen molar-refractivity contribution < 1.29 is 23.5 Å². The molecule has 0 aliphatic rings. The number of para-hydroxylation sites is 1. The van der Waals surface area contributed by atoms with Gasteiger partial charge in [-0.3, -0.25) is 0 Å². The molecule has 0 fully saturated rings. The average molecular weight is 318 g/mol. The van der Waals surface area contributed by atoms with Crippen LogP contribution in [0.15, 0.2) is 29.2 Å². The highest BCUT2D eigenvalue weighted by Crippen LogP contribution is 2.31. The number of alkyl halides is 2. The van der Waals surface area contributed by atoms with E-state index < -0.39 is 23.8 Å². The summed E-state index contributed by atoms with van der Waals surface area (Å²) in [6, 6.07) is 4.34. The van der Waals surface area contributed by atoms with E-state index in [0.717, 1.165) is 0 Å². The van der Waals surface area contributed by atoms with E-state index in [0.29, 0.717) is 18.2 Å². The molecule has 0 radical (unpaired) electrons. The van der Waals surface area contributed by atoms with Gasteiger partial charge in [0, 0.05) is 4.90 Å². The van der Waals surface area contributed by atoms with Crippen molar-refractivity contribution in [2.24, 2.45) is 0 Å². The summed E-state index contributed by atoms with van der Waals surface area (Å²) in [5.41, 5.74) is 0.209. The van der Waals surface area contributed by atoms with Crippen molar-refractivity contribution in [3.05, 3.63) is 24.3 Å². The number of aliphatic carboxylic acids is 1. The molecule has 1 unspecified atom stereocenters. The second-order valence-electron chi connectivity index (χ2n) is 4.15. The predicted octanol–water partition coefficient (Wildman–Crippen LogP) is 3.38. The Labute approximate surface area is 125 Å². The van der Waals surface area contributed by atoms with Crippen LogP contribution in [0.1, 0.15) is 19.8 Å². The lowest BCUT2D eigenvalue weighted by molar-refractivity contribution is -0.139. The fraction of sp³-hybridized carbons (Fsp3) is 0.385. The number of rotatable bonds is 7. The van der Waals surface area contributed by atoms with Crippen molar-refractivity contribution in [2.45, 2.75) is 36.5 Å². The Bertz CT molecular complexity index is 500. The topological polar surface area (TPSA) is 78.4 Å². The molecular formula is C13H16F2N2O3S. The standard InChI is InChI=1S/C13H16F2N2O3S/c1-2-5-9(11(18)19)17-13(20)16-8-6-3-4-7-10(8)21-12(14)15/h3-4,6-7,9,12H,2,5H2,1H3,(H,18,19)(H2,16,17,20). The maximum absolute atomic E-state index is 12.4. The lowest BCUT2D eigenvalue weighted by Crippen LogP contribution is -2.42. The predicted molar refractivity (Wildman–Crippen MR) is 76.8 cm³/mol. The number of hydrogen-bond donors (Lipinski definition) is 3. The SMILES string of the molecule is CCCC(NC(=O)Nc1ccccc1SC(F)F)C(=O)O. The Morgan fingerprint density at radius 3 is 2.57 bits per heavy atom. The van der Waals surface area contributed by atoms with Crippen LogP contribution in [0.5, 0.6) is 0 Å². The number of carbonyl (C=O) groups is 2. The summed E-state index contributed by atoms with van der Waals surface area (Å²) >= 11 is 0.310. The number of amides is 2. The number of carboxylic acids is 1. The van der Waals surface area contributed by atoms with Gasteiger partial charge in [0.1, 0.15) is 6.04 Å². The van der Waals surface area contributed by atoms with E-state index in [1.165, 1.54) is 12.1 Å². The third kappa shape index (κ3) is 5.99. The van der Waals surface area contributed by atoms with Crippen molar-refractivity contribution in [1.82, 2.24) is 5.32 Å². The highest BCUT2D eigenvalue weighted by atomic mass is 32.2. The van der Waals surface area contributed by atoms with Crippen LogP contribution < -0.4 is 10.6 Å². The summed E-state index contributed by atoms with van der Waals surface area (Å²) in [6.07, 6.45) is 0.880. The zero-order valence-electron chi connectivity index (χ0n) is 11.3. The molecule has 2 amide bonds. The van der Waals surface area contributed by atoms with Gasteiger partial charge >= 0.3 is 12.0 Å². The zero-order valence-corrected chi connectivity index (χ0v) is 12.1. The van der Waals surface area contributed by atoms with Gasteiger partial charge in [-0.2, -0.15) is 8.78 Å². The molecule has 21 heavy (non-hydrogen) atoms. The maximum atomic E-state index is 12.4. The number of carbonyl (C=O) groups excluding carboxylic acids is 1. The van der Waals surface area contributed by atoms with Gasteiger partial charge < -0.3 is 15.7 Å². The summed E-state index contributed by atoms with van der Waals surface area (Å²) in [7, 11) is 0. The molecule has 5 nitrogen and oxygen atoms in total. The fourth-order valence-electron chi connectivity index (χ4n) is 1.63. The van der Waals surface area contributed by atoms with Crippen LogP contribution in [-0.2, 0) is 4.79 Å². The largest absolute Gasteiger partial charge is 0.480 e. The van der Waals surface area contributed by atoms with E-state index in [-0.39, 0.29) is 17.0 Å². The van der Waals surface area contributed by atoms with E-state index in [4.69, 9.17) is 5.11 Å². The summed E-state index contributed by atoms with van der Waals surface area (Å²) in [5, 5.41) is 13.6. The van der Waals surface area contributed by atoms with Gasteiger partial charge in [0.2, 0.25) is 0 Å².